The Kier molecular flexibility index (Phi) is 3.32. The fourth-order valence-corrected chi connectivity index (χ4v) is 2.47. The maximum absolute atomic E-state index is 6.22. The van der Waals surface area contributed by atoms with Crippen LogP contribution in [0, 0.1) is 6.92 Å². The summed E-state index contributed by atoms with van der Waals surface area (Å²) in [5.41, 5.74) is 2.10. The third-order valence-electron chi connectivity index (χ3n) is 3.11. The van der Waals surface area contributed by atoms with E-state index in [4.69, 9.17) is 11.6 Å². The standard InChI is InChI=1S/C11H18ClN3/c1-8-11(12)10(15(2)14-8)7-9-5-3-4-6-13-9/h9,13H,3-7H2,1-2H3. The number of hydrogen-bond donors (Lipinski definition) is 1. The average molecular weight is 228 g/mol. The molecule has 84 valence electrons. The van der Waals surface area contributed by atoms with E-state index in [1.54, 1.807) is 0 Å². The Morgan fingerprint density at radius 2 is 2.33 bits per heavy atom. The quantitative estimate of drug-likeness (QED) is 0.839. The fourth-order valence-electron chi connectivity index (χ4n) is 2.23. The van der Waals surface area contributed by atoms with Gasteiger partial charge >= 0.3 is 0 Å². The topological polar surface area (TPSA) is 29.9 Å². The predicted octanol–water partition coefficient (Wildman–Crippen LogP) is 2.07. The van der Waals surface area contributed by atoms with Gasteiger partial charge in [-0.1, -0.05) is 18.0 Å². The number of nitrogens with one attached hydrogen (secondary N) is 1. The summed E-state index contributed by atoms with van der Waals surface area (Å²) in [5.74, 6) is 0. The number of aryl methyl sites for hydroxylation is 2. The second-order valence-electron chi connectivity index (χ2n) is 4.32. The predicted molar refractivity (Wildman–Crippen MR) is 62.3 cm³/mol. The van der Waals surface area contributed by atoms with Gasteiger partial charge in [-0.15, -0.1) is 0 Å². The van der Waals surface area contributed by atoms with Crippen molar-refractivity contribution >= 4 is 11.6 Å². The van der Waals surface area contributed by atoms with Crippen molar-refractivity contribution < 1.29 is 0 Å². The van der Waals surface area contributed by atoms with Gasteiger partial charge in [0.2, 0.25) is 0 Å². The summed E-state index contributed by atoms with van der Waals surface area (Å²) < 4.78 is 1.91. The maximum Gasteiger partial charge on any atom is 0.0847 e. The van der Waals surface area contributed by atoms with Crippen LogP contribution in [0.25, 0.3) is 0 Å². The van der Waals surface area contributed by atoms with Crippen LogP contribution < -0.4 is 5.32 Å². The molecule has 1 fully saturated rings. The smallest absolute Gasteiger partial charge is 0.0847 e. The van der Waals surface area contributed by atoms with Gasteiger partial charge in [-0.25, -0.2) is 0 Å². The number of rotatable bonds is 2. The van der Waals surface area contributed by atoms with Gasteiger partial charge in [-0.3, -0.25) is 4.68 Å². The molecule has 2 heterocycles. The Labute approximate surface area is 95.8 Å². The molecule has 0 saturated carbocycles. The van der Waals surface area contributed by atoms with Gasteiger partial charge in [-0.05, 0) is 26.3 Å². The molecule has 1 unspecified atom stereocenters. The summed E-state index contributed by atoms with van der Waals surface area (Å²) in [4.78, 5) is 0. The number of aromatic nitrogens is 2. The summed E-state index contributed by atoms with van der Waals surface area (Å²) in [6.45, 7) is 3.10. The Morgan fingerprint density at radius 3 is 2.87 bits per heavy atom. The third-order valence-corrected chi connectivity index (χ3v) is 3.61. The lowest BCUT2D eigenvalue weighted by Gasteiger charge is -2.23. The zero-order valence-corrected chi connectivity index (χ0v) is 10.1. The lowest BCUT2D eigenvalue weighted by atomic mass is 10.0. The molecule has 4 heteroatoms. The second kappa shape index (κ2) is 4.54. The van der Waals surface area contributed by atoms with Crippen LogP contribution in [0.2, 0.25) is 5.02 Å². The molecule has 1 saturated heterocycles. The minimum atomic E-state index is 0.575. The summed E-state index contributed by atoms with van der Waals surface area (Å²) in [6, 6.07) is 0.575. The molecule has 1 aromatic rings. The summed E-state index contributed by atoms with van der Waals surface area (Å²) in [7, 11) is 1.97. The molecular formula is C11H18ClN3. The van der Waals surface area contributed by atoms with Crippen LogP contribution >= 0.6 is 11.6 Å². The van der Waals surface area contributed by atoms with Crippen LogP contribution in [0.5, 0.6) is 0 Å². The minimum absolute atomic E-state index is 0.575. The Balaban J connectivity index is 2.09. The highest BCUT2D eigenvalue weighted by molar-refractivity contribution is 6.31. The third kappa shape index (κ3) is 2.34. The van der Waals surface area contributed by atoms with Crippen LogP contribution in [0.1, 0.15) is 30.7 Å². The molecule has 0 bridgehead atoms. The van der Waals surface area contributed by atoms with Crippen molar-refractivity contribution in [3.8, 4) is 0 Å². The molecule has 0 amide bonds. The first kappa shape index (κ1) is 11.0. The van der Waals surface area contributed by atoms with Gasteiger partial charge in [0.25, 0.3) is 0 Å². The van der Waals surface area contributed by atoms with Crippen molar-refractivity contribution in [3.05, 3.63) is 16.4 Å². The minimum Gasteiger partial charge on any atom is -0.314 e. The van der Waals surface area contributed by atoms with Crippen molar-refractivity contribution in [1.29, 1.82) is 0 Å². The summed E-state index contributed by atoms with van der Waals surface area (Å²) >= 11 is 6.22. The molecule has 1 N–H and O–H groups in total. The lowest BCUT2D eigenvalue weighted by molar-refractivity contribution is 0.393. The van der Waals surface area contributed by atoms with Crippen molar-refractivity contribution in [1.82, 2.24) is 15.1 Å². The normalized spacial score (nSPS) is 21.9. The number of piperidine rings is 1. The van der Waals surface area contributed by atoms with Crippen molar-refractivity contribution in [2.45, 2.75) is 38.6 Å². The maximum atomic E-state index is 6.22. The lowest BCUT2D eigenvalue weighted by Crippen LogP contribution is -2.36. The first-order valence-corrected chi connectivity index (χ1v) is 5.97. The highest BCUT2D eigenvalue weighted by Gasteiger charge is 2.18. The fraction of sp³-hybridized carbons (Fsp3) is 0.727. The number of hydrogen-bond acceptors (Lipinski definition) is 2. The zero-order valence-electron chi connectivity index (χ0n) is 9.39. The SMILES string of the molecule is Cc1nn(C)c(CC2CCCCN2)c1Cl. The van der Waals surface area contributed by atoms with E-state index in [2.05, 4.69) is 10.4 Å². The highest BCUT2D eigenvalue weighted by Crippen LogP contribution is 2.22. The van der Waals surface area contributed by atoms with E-state index >= 15 is 0 Å². The van der Waals surface area contributed by atoms with E-state index < -0.39 is 0 Å². The second-order valence-corrected chi connectivity index (χ2v) is 4.70. The van der Waals surface area contributed by atoms with Gasteiger partial charge in [-0.2, -0.15) is 5.10 Å². The molecule has 3 nitrogen and oxygen atoms in total. The van der Waals surface area contributed by atoms with E-state index in [0.29, 0.717) is 6.04 Å². The van der Waals surface area contributed by atoms with Crippen LogP contribution in [0.4, 0.5) is 0 Å². The molecule has 1 atom stereocenters. The first-order chi connectivity index (χ1) is 7.18. The largest absolute Gasteiger partial charge is 0.314 e. The number of halogens is 1. The molecule has 2 rings (SSSR count). The van der Waals surface area contributed by atoms with Crippen LogP contribution in [0.15, 0.2) is 0 Å². The molecule has 0 aromatic carbocycles. The number of nitrogens with zero attached hydrogens (tertiary/aromatic N) is 2. The van der Waals surface area contributed by atoms with Crippen LogP contribution in [0.3, 0.4) is 0 Å². The zero-order chi connectivity index (χ0) is 10.8. The van der Waals surface area contributed by atoms with E-state index in [1.807, 2.05) is 18.7 Å². The highest BCUT2D eigenvalue weighted by atomic mass is 35.5. The molecular weight excluding hydrogens is 210 g/mol. The van der Waals surface area contributed by atoms with Crippen molar-refractivity contribution in [3.63, 3.8) is 0 Å². The molecule has 1 aliphatic heterocycles. The molecule has 0 spiro atoms. The molecule has 0 aliphatic carbocycles. The van der Waals surface area contributed by atoms with Gasteiger partial charge in [0.05, 0.1) is 16.4 Å². The van der Waals surface area contributed by atoms with E-state index in [0.717, 1.165) is 29.4 Å². The van der Waals surface area contributed by atoms with Crippen LogP contribution in [-0.2, 0) is 13.5 Å². The Hall–Kier alpha value is -0.540. The van der Waals surface area contributed by atoms with Gasteiger partial charge < -0.3 is 5.32 Å². The summed E-state index contributed by atoms with van der Waals surface area (Å²) in [6.07, 6.45) is 4.87. The summed E-state index contributed by atoms with van der Waals surface area (Å²) in [5, 5.41) is 8.70. The monoisotopic (exact) mass is 227 g/mol. The van der Waals surface area contributed by atoms with Crippen molar-refractivity contribution in [2.75, 3.05) is 6.54 Å². The van der Waals surface area contributed by atoms with Gasteiger partial charge in [0, 0.05) is 19.5 Å². The van der Waals surface area contributed by atoms with Gasteiger partial charge in [0.1, 0.15) is 0 Å². The average Bonchev–Trinajstić information content (AvgIpc) is 2.47. The Bertz CT molecular complexity index is 340. The Morgan fingerprint density at radius 1 is 1.53 bits per heavy atom. The molecule has 15 heavy (non-hydrogen) atoms. The van der Waals surface area contributed by atoms with Crippen molar-refractivity contribution in [2.24, 2.45) is 7.05 Å². The molecule has 1 aliphatic rings. The molecule has 1 aromatic heterocycles. The van der Waals surface area contributed by atoms with Crippen LogP contribution in [-0.4, -0.2) is 22.4 Å². The van der Waals surface area contributed by atoms with Gasteiger partial charge in [0.15, 0.2) is 0 Å². The van der Waals surface area contributed by atoms with E-state index in [-0.39, 0.29) is 0 Å². The van der Waals surface area contributed by atoms with E-state index in [9.17, 15) is 0 Å². The molecule has 0 radical (unpaired) electrons. The first-order valence-electron chi connectivity index (χ1n) is 5.60. The van der Waals surface area contributed by atoms with E-state index in [1.165, 1.54) is 19.3 Å².